The number of Topliss-reactive ketones (excluding diaryl/α,β-unsaturated/α-hetero) is 1. The van der Waals surface area contributed by atoms with E-state index in [1.165, 1.54) is 4.90 Å². The highest BCUT2D eigenvalue weighted by molar-refractivity contribution is 5.86. The largest absolute Gasteiger partial charge is 0.456 e. The lowest BCUT2D eigenvalue weighted by Crippen LogP contribution is -2.59. The van der Waals surface area contributed by atoms with E-state index >= 15 is 0 Å². The van der Waals surface area contributed by atoms with Crippen LogP contribution in [0.1, 0.15) is 125 Å². The first-order valence-corrected chi connectivity index (χ1v) is 21.3. The molecule has 3 fully saturated rings. The minimum Gasteiger partial charge on any atom is -0.456 e. The third-order valence-corrected chi connectivity index (χ3v) is 13.1. The van der Waals surface area contributed by atoms with E-state index in [0.29, 0.717) is 64.3 Å². The van der Waals surface area contributed by atoms with Crippen molar-refractivity contribution in [2.45, 2.75) is 180 Å². The molecule has 0 aromatic carbocycles. The molecule has 2 bridgehead atoms. The zero-order valence-corrected chi connectivity index (χ0v) is 35.6. The highest BCUT2D eigenvalue weighted by atomic mass is 16.7. The molecule has 3 aliphatic heterocycles. The van der Waals surface area contributed by atoms with E-state index in [1.54, 1.807) is 21.3 Å². The van der Waals surface area contributed by atoms with Crippen molar-refractivity contribution in [1.29, 1.82) is 0 Å². The molecule has 1 amide bonds. The molecule has 12 nitrogen and oxygen atoms in total. The smallest absolute Gasteiger partial charge is 0.329 e. The summed E-state index contributed by atoms with van der Waals surface area (Å²) in [6.45, 7) is 12.2. The fourth-order valence-electron chi connectivity index (χ4n) is 9.87. The lowest BCUT2D eigenvalue weighted by atomic mass is 9.80. The highest BCUT2D eigenvalue weighted by Crippen LogP contribution is 2.40. The van der Waals surface area contributed by atoms with E-state index in [1.807, 2.05) is 40.7 Å². The van der Waals surface area contributed by atoms with Gasteiger partial charge in [0.05, 0.1) is 36.9 Å². The Balaban J connectivity index is 1.75. The zero-order chi connectivity index (χ0) is 41.3. The molecule has 1 saturated carbocycles. The molecule has 56 heavy (non-hydrogen) atoms. The molecule has 0 radical (unpaired) electrons. The number of amides is 1. The number of aliphatic hydroxyl groups is 3. The molecular formula is C44H73NO11. The number of aliphatic hydroxyl groups excluding tert-OH is 2. The third kappa shape index (κ3) is 11.5. The summed E-state index contributed by atoms with van der Waals surface area (Å²) in [4.78, 5) is 43.9. The molecule has 0 aromatic rings. The van der Waals surface area contributed by atoms with Crippen LogP contribution in [0.25, 0.3) is 0 Å². The number of ether oxygens (including phenoxy) is 5. The molecule has 4 aliphatic rings. The number of fused-ring (bicyclic) bond motifs is 3. The maximum absolute atomic E-state index is 14.3. The van der Waals surface area contributed by atoms with Crippen molar-refractivity contribution in [3.63, 3.8) is 0 Å². The van der Waals surface area contributed by atoms with Crippen LogP contribution < -0.4 is 0 Å². The van der Waals surface area contributed by atoms with Crippen molar-refractivity contribution in [3.8, 4) is 0 Å². The monoisotopic (exact) mass is 792 g/mol. The van der Waals surface area contributed by atoms with E-state index in [2.05, 4.69) is 13.0 Å². The molecule has 320 valence electrons. The van der Waals surface area contributed by atoms with Gasteiger partial charge in [-0.25, -0.2) is 4.79 Å². The van der Waals surface area contributed by atoms with E-state index in [-0.39, 0.29) is 48.6 Å². The summed E-state index contributed by atoms with van der Waals surface area (Å²) in [5, 5.41) is 34.4. The minimum absolute atomic E-state index is 0.0509. The number of rotatable bonds is 8. The topological polar surface area (TPSA) is 161 Å². The van der Waals surface area contributed by atoms with Crippen LogP contribution in [0.15, 0.2) is 23.3 Å². The summed E-state index contributed by atoms with van der Waals surface area (Å²) in [5.74, 6) is -4.09. The molecule has 2 saturated heterocycles. The van der Waals surface area contributed by atoms with Crippen molar-refractivity contribution in [2.24, 2.45) is 29.6 Å². The first-order chi connectivity index (χ1) is 26.6. The van der Waals surface area contributed by atoms with E-state index in [4.69, 9.17) is 23.7 Å². The molecular weight excluding hydrogens is 718 g/mol. The number of hydrogen-bond donors (Lipinski definition) is 3. The van der Waals surface area contributed by atoms with Gasteiger partial charge in [0.1, 0.15) is 24.0 Å². The van der Waals surface area contributed by atoms with Crippen molar-refractivity contribution >= 4 is 17.7 Å². The van der Waals surface area contributed by atoms with Crippen molar-refractivity contribution < 1.29 is 53.4 Å². The first kappa shape index (κ1) is 46.5. The van der Waals surface area contributed by atoms with Crippen LogP contribution in [0, 0.1) is 29.6 Å². The van der Waals surface area contributed by atoms with Gasteiger partial charge in [-0.15, -0.1) is 0 Å². The van der Waals surface area contributed by atoms with Gasteiger partial charge in [-0.05, 0) is 95.5 Å². The Morgan fingerprint density at radius 1 is 0.946 bits per heavy atom. The number of carbonyl (C=O) groups is 3. The van der Waals surface area contributed by atoms with Crippen LogP contribution in [0.2, 0.25) is 0 Å². The fraction of sp³-hybridized carbons (Fsp3) is 0.841. The lowest BCUT2D eigenvalue weighted by Gasteiger charge is -2.47. The maximum Gasteiger partial charge on any atom is 0.329 e. The maximum atomic E-state index is 14.3. The SMILES string of the molecule is CCC[C@@H]1/C=C(\C)C[C@H](C)C[C@H](OC)[C@H]2O[C@@](O)(CC(=O)N3CCC[C@H]3C(=O)O[C@H](/C(C)=C/[C@@H]3CC[C@@H](O)[C@H](OC)C3)[C@H](CC)[C@@H](O)CC1=O)[C@H](C)C[C@@H]2OC. The van der Waals surface area contributed by atoms with Gasteiger partial charge >= 0.3 is 5.97 Å². The van der Waals surface area contributed by atoms with Gasteiger partial charge in [-0.1, -0.05) is 51.8 Å². The number of methoxy groups -OCH3 is 3. The summed E-state index contributed by atoms with van der Waals surface area (Å²) in [7, 11) is 4.82. The van der Waals surface area contributed by atoms with Gasteiger partial charge in [0.2, 0.25) is 5.91 Å². The second kappa shape index (κ2) is 21.2. The summed E-state index contributed by atoms with van der Waals surface area (Å²) >= 11 is 0. The molecule has 3 heterocycles. The van der Waals surface area contributed by atoms with Gasteiger partial charge in [-0.3, -0.25) is 9.59 Å². The predicted octanol–water partition coefficient (Wildman–Crippen LogP) is 5.68. The quantitative estimate of drug-likeness (QED) is 0.205. The van der Waals surface area contributed by atoms with Gasteiger partial charge in [0.25, 0.3) is 0 Å². The standard InChI is InChI=1S/C44H73NO11/c1-10-13-31-19-26(3)18-27(4)20-38(53-8)42-39(54-9)22-29(6)44(51,56-42)25-40(49)45-17-12-14-33(45)43(50)55-41(32(11-2)36(48)24-35(31)47)28(5)21-30-15-16-34(46)37(23-30)52-7/h19,21,27,29-34,36-39,41-42,46,48,51H,10-18,20,22-25H2,1-9H3/b26-19+,28-21+/t27-,29+,30-,31+,32+,33-,34+,36-,37+,38-,39-,41+,42+,44-/m0/s1. The second-order valence-corrected chi connectivity index (χ2v) is 17.5. The summed E-state index contributed by atoms with van der Waals surface area (Å²) in [6.07, 6.45) is 5.91. The first-order valence-electron chi connectivity index (χ1n) is 21.3. The number of allylic oxidation sites excluding steroid dienone is 3. The average Bonchev–Trinajstić information content (AvgIpc) is 3.65. The number of ketones is 1. The number of carbonyl (C=O) groups excluding carboxylic acids is 3. The summed E-state index contributed by atoms with van der Waals surface area (Å²) in [6, 6.07) is -0.884. The molecule has 14 atom stereocenters. The fourth-order valence-corrected chi connectivity index (χ4v) is 9.87. The summed E-state index contributed by atoms with van der Waals surface area (Å²) in [5.41, 5.74) is 1.82. The van der Waals surface area contributed by atoms with Crippen LogP contribution in [-0.4, -0.2) is 120 Å². The second-order valence-electron chi connectivity index (χ2n) is 17.5. The lowest BCUT2D eigenvalue weighted by molar-refractivity contribution is -0.321. The molecule has 0 spiro atoms. The average molecular weight is 792 g/mol. The number of nitrogens with zero attached hydrogens (tertiary/aromatic N) is 1. The molecule has 0 unspecified atom stereocenters. The van der Waals surface area contributed by atoms with E-state index < -0.39 is 66.1 Å². The third-order valence-electron chi connectivity index (χ3n) is 13.1. The Labute approximate surface area is 335 Å². The van der Waals surface area contributed by atoms with Crippen molar-refractivity contribution in [2.75, 3.05) is 27.9 Å². The number of hydrogen-bond acceptors (Lipinski definition) is 11. The van der Waals surface area contributed by atoms with Crippen LogP contribution in [0.4, 0.5) is 0 Å². The Bertz CT molecular complexity index is 1370. The van der Waals surface area contributed by atoms with Crippen LogP contribution >= 0.6 is 0 Å². The Morgan fingerprint density at radius 2 is 1.62 bits per heavy atom. The Kier molecular flexibility index (Phi) is 17.6. The van der Waals surface area contributed by atoms with E-state index in [0.717, 1.165) is 24.0 Å². The molecule has 0 aromatic heterocycles. The number of esters is 1. The molecule has 3 N–H and O–H groups in total. The minimum atomic E-state index is -1.82. The van der Waals surface area contributed by atoms with Crippen molar-refractivity contribution in [1.82, 2.24) is 4.90 Å². The van der Waals surface area contributed by atoms with Crippen molar-refractivity contribution in [3.05, 3.63) is 23.3 Å². The van der Waals surface area contributed by atoms with Gasteiger partial charge < -0.3 is 43.9 Å². The predicted molar refractivity (Wildman–Crippen MR) is 212 cm³/mol. The molecule has 1 aliphatic carbocycles. The molecule has 12 heteroatoms. The van der Waals surface area contributed by atoms with Crippen LogP contribution in [0.5, 0.6) is 0 Å². The van der Waals surface area contributed by atoms with Gasteiger partial charge in [0, 0.05) is 52.0 Å². The van der Waals surface area contributed by atoms with Gasteiger partial charge in [-0.2, -0.15) is 0 Å². The van der Waals surface area contributed by atoms with E-state index in [9.17, 15) is 29.7 Å². The van der Waals surface area contributed by atoms with Gasteiger partial charge in [0.15, 0.2) is 5.79 Å². The zero-order valence-electron chi connectivity index (χ0n) is 35.6. The summed E-state index contributed by atoms with van der Waals surface area (Å²) < 4.78 is 30.3. The highest BCUT2D eigenvalue weighted by Gasteiger charge is 2.51. The Hall–Kier alpha value is -2.19. The van der Waals surface area contributed by atoms with Crippen LogP contribution in [-0.2, 0) is 38.1 Å². The Morgan fingerprint density at radius 3 is 2.27 bits per heavy atom. The van der Waals surface area contributed by atoms with Crippen LogP contribution in [0.3, 0.4) is 0 Å². The normalized spacial score (nSPS) is 41.3. The molecule has 4 rings (SSSR count). The number of cyclic esters (lactones) is 1.